The molecule has 1 aromatic heterocycles. The summed E-state index contributed by atoms with van der Waals surface area (Å²) in [5.74, 6) is -1.36. The molecule has 0 fully saturated rings. The molecule has 234 valence electrons. The number of hydrogen-bond donors (Lipinski definition) is 0. The number of fused-ring (bicyclic) bond motifs is 4. The Morgan fingerprint density at radius 1 is 0.489 bits per heavy atom. The number of anilines is 1. The first-order chi connectivity index (χ1) is 22.5. The second-order valence-electron chi connectivity index (χ2n) is 12.0. The van der Waals surface area contributed by atoms with E-state index in [2.05, 4.69) is 86.7 Å². The highest BCUT2D eigenvalue weighted by Crippen LogP contribution is 2.45. The van der Waals surface area contributed by atoms with Crippen molar-refractivity contribution in [2.75, 3.05) is 4.90 Å². The predicted octanol–water partition coefficient (Wildman–Crippen LogP) is 11.5. The van der Waals surface area contributed by atoms with Crippen molar-refractivity contribution in [3.63, 3.8) is 0 Å². The molecule has 0 N–H and O–H groups in total. The van der Waals surface area contributed by atoms with Gasteiger partial charge in [-0.2, -0.15) is 0 Å². The first-order valence-corrected chi connectivity index (χ1v) is 17.5. The van der Waals surface area contributed by atoms with Crippen LogP contribution in [0.1, 0.15) is 54.5 Å². The standard InChI is InChI=1S/C40H31I2NO4/c1-20-22(3)30-31-23(4)21(2)25(6)33(42)36(31)47-38-37(46-35(30)32(41)24(20)5)39(44)43(40(38)45)34-28(26-14-9-7-10-15-26)18-13-19-29(34)27-16-11-8-12-17-27/h7-19H,1-6H3. The molecule has 0 unspecified atom stereocenters. The minimum absolute atomic E-state index is 0.115. The fourth-order valence-corrected chi connectivity index (χ4v) is 8.09. The van der Waals surface area contributed by atoms with Crippen molar-refractivity contribution in [3.8, 4) is 22.3 Å². The molecule has 47 heavy (non-hydrogen) atoms. The molecule has 0 saturated carbocycles. The first-order valence-electron chi connectivity index (χ1n) is 15.3. The van der Waals surface area contributed by atoms with E-state index < -0.39 is 11.8 Å². The molecule has 7 heteroatoms. The summed E-state index contributed by atoms with van der Waals surface area (Å²) in [6.45, 7) is 12.5. The molecule has 0 radical (unpaired) electrons. The van der Waals surface area contributed by atoms with Gasteiger partial charge < -0.3 is 8.83 Å². The number of carbonyl (C=O) groups excluding carboxylic acids is 2. The molecule has 1 aliphatic heterocycles. The van der Waals surface area contributed by atoms with Crippen molar-refractivity contribution in [2.24, 2.45) is 0 Å². The van der Waals surface area contributed by atoms with Crippen LogP contribution in [0.4, 0.5) is 5.69 Å². The normalized spacial score (nSPS) is 12.7. The topological polar surface area (TPSA) is 63.7 Å². The van der Waals surface area contributed by atoms with Crippen LogP contribution in [0.2, 0.25) is 0 Å². The molecule has 5 aromatic carbocycles. The summed E-state index contributed by atoms with van der Waals surface area (Å²) in [4.78, 5) is 30.8. The van der Waals surface area contributed by atoms with E-state index in [-0.39, 0.29) is 11.5 Å². The van der Waals surface area contributed by atoms with Gasteiger partial charge in [0.1, 0.15) is 11.2 Å². The number of imide groups is 1. The summed E-state index contributed by atoms with van der Waals surface area (Å²) >= 11 is 4.61. The van der Waals surface area contributed by atoms with Crippen molar-refractivity contribution < 1.29 is 18.4 Å². The monoisotopic (exact) mass is 843 g/mol. The van der Waals surface area contributed by atoms with Gasteiger partial charge in [-0.1, -0.05) is 78.9 Å². The molecule has 0 saturated heterocycles. The molecular formula is C40H31I2NO4. The molecule has 2 heterocycles. The highest BCUT2D eigenvalue weighted by atomic mass is 127. The number of nitrogens with zero attached hydrogens (tertiary/aromatic N) is 1. The van der Waals surface area contributed by atoms with E-state index in [0.717, 1.165) is 73.5 Å². The largest absolute Gasteiger partial charge is 0.446 e. The zero-order valence-corrected chi connectivity index (χ0v) is 31.2. The van der Waals surface area contributed by atoms with Crippen LogP contribution in [0.15, 0.2) is 87.7 Å². The van der Waals surface area contributed by atoms with Crippen LogP contribution >= 0.6 is 45.2 Å². The van der Waals surface area contributed by atoms with Gasteiger partial charge in [0.2, 0.25) is 11.5 Å². The molecule has 6 aromatic rings. The Morgan fingerprint density at radius 2 is 0.872 bits per heavy atom. The Morgan fingerprint density at radius 3 is 1.26 bits per heavy atom. The van der Waals surface area contributed by atoms with E-state index in [0.29, 0.717) is 16.9 Å². The predicted molar refractivity (Wildman–Crippen MR) is 206 cm³/mol. The van der Waals surface area contributed by atoms with Crippen molar-refractivity contribution in [3.05, 3.63) is 131 Å². The number of halogens is 2. The van der Waals surface area contributed by atoms with Gasteiger partial charge in [-0.05, 0) is 131 Å². The fourth-order valence-electron chi connectivity index (χ4n) is 6.52. The summed E-state index contributed by atoms with van der Waals surface area (Å²) < 4.78 is 15.2. The summed E-state index contributed by atoms with van der Waals surface area (Å²) in [6.07, 6.45) is 0. The molecular weight excluding hydrogens is 812 g/mol. The van der Waals surface area contributed by atoms with Gasteiger partial charge in [-0.15, -0.1) is 0 Å². The van der Waals surface area contributed by atoms with E-state index >= 15 is 0 Å². The molecule has 2 amide bonds. The van der Waals surface area contributed by atoms with Crippen LogP contribution in [0, 0.1) is 48.7 Å². The van der Waals surface area contributed by atoms with Crippen LogP contribution in [0.5, 0.6) is 0 Å². The lowest BCUT2D eigenvalue weighted by Crippen LogP contribution is -2.30. The van der Waals surface area contributed by atoms with Gasteiger partial charge in [-0.3, -0.25) is 9.59 Å². The van der Waals surface area contributed by atoms with Gasteiger partial charge in [0.25, 0.3) is 0 Å². The third-order valence-corrected chi connectivity index (χ3v) is 12.2. The van der Waals surface area contributed by atoms with Crippen LogP contribution in [0.3, 0.4) is 0 Å². The molecule has 7 rings (SSSR count). The zero-order chi connectivity index (χ0) is 33.3. The van der Waals surface area contributed by atoms with Crippen LogP contribution in [-0.2, 0) is 0 Å². The number of amides is 2. The minimum Gasteiger partial charge on any atom is -0.446 e. The third-order valence-electron chi connectivity index (χ3n) is 9.60. The maximum Gasteiger partial charge on any atom is 0.305 e. The highest BCUT2D eigenvalue weighted by molar-refractivity contribution is 14.1. The Hall–Kier alpha value is -3.96. The number of aryl methyl sites for hydroxylation is 2. The summed E-state index contributed by atoms with van der Waals surface area (Å²) in [5.41, 5.74) is 11.4. The average Bonchev–Trinajstić information content (AvgIpc) is 3.30. The molecule has 1 aliphatic rings. The summed E-state index contributed by atoms with van der Waals surface area (Å²) in [6, 6.07) is 25.4. The van der Waals surface area contributed by atoms with Crippen molar-refractivity contribution in [1.29, 1.82) is 0 Å². The lowest BCUT2D eigenvalue weighted by molar-refractivity contribution is 0.0911. The maximum absolute atomic E-state index is 14.8. The van der Waals surface area contributed by atoms with Gasteiger partial charge in [0.15, 0.2) is 0 Å². The lowest BCUT2D eigenvalue weighted by atomic mass is 9.93. The van der Waals surface area contributed by atoms with Crippen molar-refractivity contribution >= 4 is 84.6 Å². The van der Waals surface area contributed by atoms with Crippen molar-refractivity contribution in [2.45, 2.75) is 41.5 Å². The first kappa shape index (κ1) is 31.6. The second kappa shape index (κ2) is 11.9. The van der Waals surface area contributed by atoms with Crippen LogP contribution in [0.25, 0.3) is 44.2 Å². The average molecular weight is 843 g/mol. The molecule has 0 spiro atoms. The molecule has 0 aliphatic carbocycles. The minimum atomic E-state index is -0.567. The van der Waals surface area contributed by atoms with Crippen LogP contribution < -0.4 is 4.90 Å². The molecule has 5 nitrogen and oxygen atoms in total. The molecule has 0 atom stereocenters. The van der Waals surface area contributed by atoms with E-state index in [1.165, 1.54) is 4.90 Å². The van der Waals surface area contributed by atoms with Gasteiger partial charge in [-0.25, -0.2) is 4.90 Å². The Kier molecular flexibility index (Phi) is 8.03. The van der Waals surface area contributed by atoms with Gasteiger partial charge >= 0.3 is 11.8 Å². The van der Waals surface area contributed by atoms with E-state index in [9.17, 15) is 9.59 Å². The quantitative estimate of drug-likeness (QED) is 0.131. The Labute approximate surface area is 300 Å². The number of hydrogen-bond acceptors (Lipinski definition) is 4. The van der Waals surface area contributed by atoms with Crippen molar-refractivity contribution in [1.82, 2.24) is 0 Å². The summed E-state index contributed by atoms with van der Waals surface area (Å²) in [5, 5.41) is 1.76. The van der Waals surface area contributed by atoms with E-state index in [1.54, 1.807) is 0 Å². The molecule has 0 bridgehead atoms. The second-order valence-corrected chi connectivity index (χ2v) is 14.2. The maximum atomic E-state index is 14.8. The smallest absolute Gasteiger partial charge is 0.305 e. The lowest BCUT2D eigenvalue weighted by Gasteiger charge is -2.22. The fraction of sp³-hybridized carbons (Fsp3) is 0.150. The number of rotatable bonds is 3. The van der Waals surface area contributed by atoms with Gasteiger partial charge in [0, 0.05) is 21.9 Å². The SMILES string of the molecule is Cc1c(C)c(C)c2c(oc3c(oc4c(I)c(C)c(C)c(C)c42)C(=O)N(c2c(-c4ccccc4)cccc2-c2ccccc2)C3=O)c1I. The highest BCUT2D eigenvalue weighted by Gasteiger charge is 2.44. The number of benzene rings is 5. The van der Waals surface area contributed by atoms with Crippen LogP contribution in [-0.4, -0.2) is 11.8 Å². The third kappa shape index (κ3) is 4.84. The van der Waals surface area contributed by atoms with E-state index in [1.807, 2.05) is 78.9 Å². The zero-order valence-electron chi connectivity index (χ0n) is 26.8. The van der Waals surface area contributed by atoms with E-state index in [4.69, 9.17) is 8.83 Å². The Balaban J connectivity index is 1.64. The number of para-hydroxylation sites is 1. The number of carbonyl (C=O) groups is 2. The summed E-state index contributed by atoms with van der Waals surface area (Å²) in [7, 11) is 0. The Bertz CT molecular complexity index is 2210. The van der Waals surface area contributed by atoms with Gasteiger partial charge in [0.05, 0.1) is 12.8 Å².